The number of rotatable bonds is 5. The lowest BCUT2D eigenvalue weighted by atomic mass is 10.2. The molecule has 0 spiro atoms. The third kappa shape index (κ3) is 5.09. The lowest BCUT2D eigenvalue weighted by Gasteiger charge is -2.34. The third-order valence-electron chi connectivity index (χ3n) is 4.39. The van der Waals surface area contributed by atoms with Crippen LogP contribution in [0, 0.1) is 6.92 Å². The van der Waals surface area contributed by atoms with Crippen LogP contribution in [0.3, 0.4) is 0 Å². The normalized spacial score (nSPS) is 15.0. The van der Waals surface area contributed by atoms with Gasteiger partial charge in [0.1, 0.15) is 5.76 Å². The molecule has 1 fully saturated rings. The molecular formula is C18H20BrClN4O3. The first-order chi connectivity index (χ1) is 12.9. The summed E-state index contributed by atoms with van der Waals surface area (Å²) in [6, 6.07) is 6.83. The molecule has 1 aromatic carbocycles. The van der Waals surface area contributed by atoms with E-state index in [0.717, 1.165) is 17.6 Å². The summed E-state index contributed by atoms with van der Waals surface area (Å²) < 4.78 is 5.77. The number of hydrogen-bond acceptors (Lipinski definition) is 5. The van der Waals surface area contributed by atoms with Gasteiger partial charge >= 0.3 is 0 Å². The highest BCUT2D eigenvalue weighted by molar-refractivity contribution is 9.10. The number of carbonyl (C=O) groups excluding carboxylic acids is 2. The van der Waals surface area contributed by atoms with E-state index in [2.05, 4.69) is 31.3 Å². The van der Waals surface area contributed by atoms with Crippen molar-refractivity contribution in [1.82, 2.24) is 20.3 Å². The van der Waals surface area contributed by atoms with Crippen LogP contribution in [0.4, 0.5) is 0 Å². The number of hydrogen-bond donors (Lipinski definition) is 1. The van der Waals surface area contributed by atoms with Gasteiger partial charge in [0, 0.05) is 49.8 Å². The minimum Gasteiger partial charge on any atom is -0.361 e. The van der Waals surface area contributed by atoms with Crippen molar-refractivity contribution >= 4 is 39.3 Å². The van der Waals surface area contributed by atoms with Crippen molar-refractivity contribution in [2.24, 2.45) is 0 Å². The van der Waals surface area contributed by atoms with Gasteiger partial charge in [0.15, 0.2) is 5.69 Å². The van der Waals surface area contributed by atoms with Crippen molar-refractivity contribution < 1.29 is 14.1 Å². The largest absolute Gasteiger partial charge is 0.361 e. The molecule has 1 N–H and O–H groups in total. The summed E-state index contributed by atoms with van der Waals surface area (Å²) in [7, 11) is 0. The van der Waals surface area contributed by atoms with Gasteiger partial charge in [-0.1, -0.05) is 32.7 Å². The van der Waals surface area contributed by atoms with E-state index in [9.17, 15) is 9.59 Å². The maximum atomic E-state index is 12.4. The molecule has 144 valence electrons. The quantitative estimate of drug-likeness (QED) is 0.750. The summed E-state index contributed by atoms with van der Waals surface area (Å²) >= 11 is 9.42. The molecule has 2 aromatic rings. The standard InChI is InChI=1S/C18H20BrClN4O3/c1-12-10-16(22-27-12)18(26)24-8-6-23(7-9-24)5-4-21-17(25)14-11-13(19)2-3-15(14)20/h2-3,10-11H,4-9H2,1H3,(H,21,25). The number of benzene rings is 1. The molecule has 9 heteroatoms. The molecule has 1 aliphatic rings. The Morgan fingerprint density at radius 2 is 2.00 bits per heavy atom. The molecule has 2 amide bonds. The van der Waals surface area contributed by atoms with Crippen LogP contribution in [0.1, 0.15) is 26.6 Å². The molecule has 3 rings (SSSR count). The molecule has 0 unspecified atom stereocenters. The number of amides is 2. The smallest absolute Gasteiger partial charge is 0.276 e. The highest BCUT2D eigenvalue weighted by Crippen LogP contribution is 2.20. The number of nitrogens with one attached hydrogen (secondary N) is 1. The predicted octanol–water partition coefficient (Wildman–Crippen LogP) is 2.59. The highest BCUT2D eigenvalue weighted by Gasteiger charge is 2.24. The summed E-state index contributed by atoms with van der Waals surface area (Å²) in [5, 5.41) is 7.09. The molecule has 0 radical (unpaired) electrons. The van der Waals surface area contributed by atoms with Crippen LogP contribution < -0.4 is 5.32 Å². The average Bonchev–Trinajstić information content (AvgIpc) is 3.10. The molecule has 2 heterocycles. The minimum atomic E-state index is -0.198. The first-order valence-electron chi connectivity index (χ1n) is 8.62. The van der Waals surface area contributed by atoms with E-state index in [0.29, 0.717) is 48.2 Å². The second-order valence-electron chi connectivity index (χ2n) is 6.34. The van der Waals surface area contributed by atoms with Gasteiger partial charge in [-0.25, -0.2) is 0 Å². The Kier molecular flexibility index (Phi) is 6.51. The summed E-state index contributed by atoms with van der Waals surface area (Å²) in [5.74, 6) is 0.318. The van der Waals surface area contributed by atoms with Gasteiger partial charge in [0.25, 0.3) is 11.8 Å². The zero-order chi connectivity index (χ0) is 19.4. The van der Waals surface area contributed by atoms with Crippen LogP contribution in [0.25, 0.3) is 0 Å². The van der Waals surface area contributed by atoms with E-state index in [1.54, 1.807) is 36.1 Å². The Labute approximate surface area is 170 Å². The Balaban J connectivity index is 1.42. The maximum Gasteiger partial charge on any atom is 0.276 e. The van der Waals surface area contributed by atoms with Crippen molar-refractivity contribution in [1.29, 1.82) is 0 Å². The van der Waals surface area contributed by atoms with Crippen molar-refractivity contribution in [3.63, 3.8) is 0 Å². The number of nitrogens with zero attached hydrogens (tertiary/aromatic N) is 3. The SMILES string of the molecule is Cc1cc(C(=O)N2CCN(CCNC(=O)c3cc(Br)ccc3Cl)CC2)no1. The van der Waals surface area contributed by atoms with E-state index in [1.165, 1.54) is 0 Å². The minimum absolute atomic E-state index is 0.107. The van der Waals surface area contributed by atoms with Crippen LogP contribution in [0.2, 0.25) is 5.02 Å². The van der Waals surface area contributed by atoms with Crippen molar-refractivity contribution in [2.75, 3.05) is 39.3 Å². The van der Waals surface area contributed by atoms with Crippen LogP contribution in [0.5, 0.6) is 0 Å². The summed E-state index contributed by atoms with van der Waals surface area (Å²) in [6.07, 6.45) is 0. The lowest BCUT2D eigenvalue weighted by molar-refractivity contribution is 0.0628. The lowest BCUT2D eigenvalue weighted by Crippen LogP contribution is -2.50. The summed E-state index contributed by atoms with van der Waals surface area (Å²) in [6.45, 7) is 5.72. The van der Waals surface area contributed by atoms with Crippen molar-refractivity contribution in [3.05, 3.63) is 50.8 Å². The molecule has 0 saturated carbocycles. The van der Waals surface area contributed by atoms with Gasteiger partial charge in [0.2, 0.25) is 0 Å². The Hall–Kier alpha value is -1.90. The van der Waals surface area contributed by atoms with Crippen LogP contribution in [-0.4, -0.2) is 66.0 Å². The van der Waals surface area contributed by atoms with E-state index in [1.807, 2.05) is 0 Å². The molecule has 0 atom stereocenters. The summed E-state index contributed by atoms with van der Waals surface area (Å²) in [4.78, 5) is 28.6. The Bertz CT molecular complexity index is 834. The first-order valence-corrected chi connectivity index (χ1v) is 9.79. The molecular weight excluding hydrogens is 436 g/mol. The second kappa shape index (κ2) is 8.86. The van der Waals surface area contributed by atoms with Crippen LogP contribution in [0.15, 0.2) is 33.3 Å². The van der Waals surface area contributed by atoms with Gasteiger partial charge in [-0.3, -0.25) is 14.5 Å². The number of aryl methyl sites for hydroxylation is 1. The molecule has 0 aliphatic carbocycles. The molecule has 1 aromatic heterocycles. The van der Waals surface area contributed by atoms with Crippen molar-refractivity contribution in [2.45, 2.75) is 6.92 Å². The molecule has 27 heavy (non-hydrogen) atoms. The number of aromatic nitrogens is 1. The second-order valence-corrected chi connectivity index (χ2v) is 7.66. The highest BCUT2D eigenvalue weighted by atomic mass is 79.9. The molecule has 7 nitrogen and oxygen atoms in total. The zero-order valence-electron chi connectivity index (χ0n) is 14.9. The van der Waals surface area contributed by atoms with Gasteiger partial charge in [0.05, 0.1) is 10.6 Å². The van der Waals surface area contributed by atoms with Crippen molar-refractivity contribution in [3.8, 4) is 0 Å². The van der Waals surface area contributed by atoms with Gasteiger partial charge < -0.3 is 14.7 Å². The van der Waals surface area contributed by atoms with Gasteiger partial charge in [-0.2, -0.15) is 0 Å². The number of carbonyl (C=O) groups is 2. The zero-order valence-corrected chi connectivity index (χ0v) is 17.2. The fraction of sp³-hybridized carbons (Fsp3) is 0.389. The topological polar surface area (TPSA) is 78.7 Å². The van der Waals surface area contributed by atoms with Crippen LogP contribution in [-0.2, 0) is 0 Å². The van der Waals surface area contributed by atoms with Gasteiger partial charge in [-0.05, 0) is 25.1 Å². The Morgan fingerprint density at radius 1 is 1.26 bits per heavy atom. The summed E-state index contributed by atoms with van der Waals surface area (Å²) in [5.41, 5.74) is 0.795. The number of halogens is 2. The third-order valence-corrected chi connectivity index (χ3v) is 5.22. The average molecular weight is 456 g/mol. The fourth-order valence-electron chi connectivity index (χ4n) is 2.90. The molecule has 1 saturated heterocycles. The molecule has 0 bridgehead atoms. The van der Waals surface area contributed by atoms with E-state index in [4.69, 9.17) is 16.1 Å². The van der Waals surface area contributed by atoms with E-state index >= 15 is 0 Å². The Morgan fingerprint density at radius 3 is 2.67 bits per heavy atom. The monoisotopic (exact) mass is 454 g/mol. The predicted molar refractivity (Wildman–Crippen MR) is 105 cm³/mol. The van der Waals surface area contributed by atoms with E-state index < -0.39 is 0 Å². The van der Waals surface area contributed by atoms with E-state index in [-0.39, 0.29) is 11.8 Å². The first kappa shape index (κ1) is 19.9. The van der Waals surface area contributed by atoms with Crippen LogP contribution >= 0.6 is 27.5 Å². The number of piperazine rings is 1. The van der Waals surface area contributed by atoms with Gasteiger partial charge in [-0.15, -0.1) is 0 Å². The maximum absolute atomic E-state index is 12.4. The fourth-order valence-corrected chi connectivity index (χ4v) is 3.46. The molecule has 1 aliphatic heterocycles.